The molecule has 0 bridgehead atoms. The molecule has 37 heavy (non-hydrogen) atoms. The lowest BCUT2D eigenvalue weighted by molar-refractivity contribution is -0.146. The lowest BCUT2D eigenvalue weighted by atomic mass is 9.93. The Morgan fingerprint density at radius 2 is 1.68 bits per heavy atom. The Morgan fingerprint density at radius 3 is 2.16 bits per heavy atom. The number of alkyl carbamates (subject to hydrolysis) is 1. The zero-order chi connectivity index (χ0) is 27.8. The monoisotopic (exact) mass is 511 g/mol. The molecule has 1 aliphatic rings. The van der Waals surface area contributed by atoms with Crippen molar-refractivity contribution in [2.24, 2.45) is 5.92 Å². The molecule has 0 spiro atoms. The van der Waals surface area contributed by atoms with Crippen molar-refractivity contribution >= 4 is 17.9 Å². The number of carbonyl (C=O) groups excluding carboxylic acids is 3. The third kappa shape index (κ3) is 8.80. The Hall–Kier alpha value is -3.01. The summed E-state index contributed by atoms with van der Waals surface area (Å²) in [4.78, 5) is 42.3. The van der Waals surface area contributed by atoms with Crippen LogP contribution in [0.5, 0.6) is 0 Å². The van der Waals surface area contributed by atoms with E-state index in [0.717, 1.165) is 25.7 Å². The minimum absolute atomic E-state index is 0.0865. The van der Waals surface area contributed by atoms with Gasteiger partial charge in [0.25, 0.3) is 0 Å². The van der Waals surface area contributed by atoms with Crippen molar-refractivity contribution in [2.45, 2.75) is 117 Å². The molecule has 1 aliphatic carbocycles. The van der Waals surface area contributed by atoms with Gasteiger partial charge in [0, 0.05) is 17.6 Å². The van der Waals surface area contributed by atoms with E-state index < -0.39 is 23.8 Å². The molecular weight excluding hydrogens is 466 g/mol. The van der Waals surface area contributed by atoms with Crippen LogP contribution in [0.15, 0.2) is 24.3 Å². The van der Waals surface area contributed by atoms with Crippen LogP contribution in [0.4, 0.5) is 4.79 Å². The molecule has 1 aromatic carbocycles. The second kappa shape index (κ2) is 13.5. The van der Waals surface area contributed by atoms with Crippen LogP contribution in [0.25, 0.3) is 0 Å². The Kier molecular flexibility index (Phi) is 11.0. The number of nitrogens with zero attached hydrogens (tertiary/aromatic N) is 1. The van der Waals surface area contributed by atoms with Crippen molar-refractivity contribution in [2.75, 3.05) is 0 Å². The molecule has 204 valence electrons. The molecule has 1 fully saturated rings. The van der Waals surface area contributed by atoms with Gasteiger partial charge in [-0.05, 0) is 70.6 Å². The molecule has 1 aromatic rings. The average Bonchev–Trinajstić information content (AvgIpc) is 2.84. The van der Waals surface area contributed by atoms with Crippen molar-refractivity contribution in [1.82, 2.24) is 15.5 Å². The predicted octanol–water partition coefficient (Wildman–Crippen LogP) is 5.33. The SMILES string of the molecule is C#Cc1ccc(C(C(=O)NC2CCCCC2)N(C(=O)C(NC(=O)OC(C)(C)C)C(C)C)C(C)CC)cc1. The van der Waals surface area contributed by atoms with Crippen molar-refractivity contribution in [3.63, 3.8) is 0 Å². The summed E-state index contributed by atoms with van der Waals surface area (Å²) < 4.78 is 5.43. The zero-order valence-corrected chi connectivity index (χ0v) is 23.6. The van der Waals surface area contributed by atoms with Crippen LogP contribution in [-0.4, -0.2) is 46.5 Å². The number of nitrogens with one attached hydrogen (secondary N) is 2. The van der Waals surface area contributed by atoms with Gasteiger partial charge in [-0.1, -0.05) is 58.1 Å². The Balaban J connectivity index is 2.49. The predicted molar refractivity (Wildman–Crippen MR) is 147 cm³/mol. The lowest BCUT2D eigenvalue weighted by Crippen LogP contribution is -2.57. The summed E-state index contributed by atoms with van der Waals surface area (Å²) in [6, 6.07) is 5.30. The number of ether oxygens (including phenoxy) is 1. The molecule has 7 nitrogen and oxygen atoms in total. The van der Waals surface area contributed by atoms with E-state index in [0.29, 0.717) is 17.5 Å². The summed E-state index contributed by atoms with van der Waals surface area (Å²) in [7, 11) is 0. The number of hydrogen-bond acceptors (Lipinski definition) is 4. The Bertz CT molecular complexity index is 953. The van der Waals surface area contributed by atoms with Gasteiger partial charge in [-0.3, -0.25) is 9.59 Å². The highest BCUT2D eigenvalue weighted by Crippen LogP contribution is 2.29. The molecule has 0 aromatic heterocycles. The first-order chi connectivity index (χ1) is 17.4. The summed E-state index contributed by atoms with van der Waals surface area (Å²) in [6.07, 6.45) is 10.7. The van der Waals surface area contributed by atoms with Crippen LogP contribution in [0.3, 0.4) is 0 Å². The molecule has 0 saturated heterocycles. The first-order valence-corrected chi connectivity index (χ1v) is 13.6. The van der Waals surface area contributed by atoms with Gasteiger partial charge in [0.1, 0.15) is 17.7 Å². The van der Waals surface area contributed by atoms with Gasteiger partial charge in [0.05, 0.1) is 0 Å². The number of terminal acetylenes is 1. The smallest absolute Gasteiger partial charge is 0.408 e. The first kappa shape index (κ1) is 30.2. The minimum Gasteiger partial charge on any atom is -0.444 e. The fourth-order valence-electron chi connectivity index (χ4n) is 4.63. The second-order valence-corrected chi connectivity index (χ2v) is 11.4. The van der Waals surface area contributed by atoms with E-state index >= 15 is 0 Å². The quantitative estimate of drug-likeness (QED) is 0.439. The van der Waals surface area contributed by atoms with Gasteiger partial charge in [-0.15, -0.1) is 6.42 Å². The standard InChI is InChI=1S/C30H45N3O4/c1-9-21(5)33(28(35)25(20(3)4)32-29(36)37-30(6,7)8)26(23-18-16-22(10-2)17-19-23)27(34)31-24-14-12-11-13-15-24/h2,16-21,24-26H,9,11-15H2,1,3-8H3,(H,31,34)(H,32,36). The number of carbonyl (C=O) groups is 3. The summed E-state index contributed by atoms with van der Waals surface area (Å²) in [5.74, 6) is 1.85. The topological polar surface area (TPSA) is 87.7 Å². The van der Waals surface area contributed by atoms with E-state index in [9.17, 15) is 14.4 Å². The number of hydrogen-bond donors (Lipinski definition) is 2. The molecular formula is C30H45N3O4. The molecule has 0 aliphatic heterocycles. The van der Waals surface area contributed by atoms with Gasteiger partial charge in [0.15, 0.2) is 0 Å². The fourth-order valence-corrected chi connectivity index (χ4v) is 4.63. The zero-order valence-electron chi connectivity index (χ0n) is 23.6. The molecule has 7 heteroatoms. The van der Waals surface area contributed by atoms with E-state index in [1.807, 2.05) is 39.8 Å². The van der Waals surface area contributed by atoms with Crippen LogP contribution in [0.1, 0.15) is 104 Å². The fraction of sp³-hybridized carbons (Fsp3) is 0.633. The first-order valence-electron chi connectivity index (χ1n) is 13.6. The maximum absolute atomic E-state index is 14.2. The van der Waals surface area contributed by atoms with Crippen LogP contribution < -0.4 is 10.6 Å². The summed E-state index contributed by atoms with van der Waals surface area (Å²) in [5, 5.41) is 5.98. The molecule has 0 heterocycles. The molecule has 3 amide bonds. The summed E-state index contributed by atoms with van der Waals surface area (Å²) in [5.41, 5.74) is 0.677. The van der Waals surface area contributed by atoms with Gasteiger partial charge in [0.2, 0.25) is 11.8 Å². The maximum atomic E-state index is 14.2. The van der Waals surface area contributed by atoms with Gasteiger partial charge < -0.3 is 20.3 Å². The van der Waals surface area contributed by atoms with Crippen molar-refractivity contribution < 1.29 is 19.1 Å². The van der Waals surface area contributed by atoms with Gasteiger partial charge in [-0.2, -0.15) is 0 Å². The number of amides is 3. The third-order valence-corrected chi connectivity index (χ3v) is 6.80. The summed E-state index contributed by atoms with van der Waals surface area (Å²) in [6.45, 7) is 13.0. The van der Waals surface area contributed by atoms with Crippen molar-refractivity contribution in [3.8, 4) is 12.3 Å². The molecule has 3 unspecified atom stereocenters. The number of benzene rings is 1. The maximum Gasteiger partial charge on any atom is 0.408 e. The molecule has 2 N–H and O–H groups in total. The lowest BCUT2D eigenvalue weighted by Gasteiger charge is -2.39. The van der Waals surface area contributed by atoms with E-state index in [1.54, 1.807) is 37.8 Å². The molecule has 1 saturated carbocycles. The number of rotatable bonds is 9. The highest BCUT2D eigenvalue weighted by Gasteiger charge is 2.40. The summed E-state index contributed by atoms with van der Waals surface area (Å²) >= 11 is 0. The van der Waals surface area contributed by atoms with Crippen molar-refractivity contribution in [1.29, 1.82) is 0 Å². The van der Waals surface area contributed by atoms with Crippen molar-refractivity contribution in [3.05, 3.63) is 35.4 Å². The van der Waals surface area contributed by atoms with Crippen LogP contribution in [-0.2, 0) is 14.3 Å². The molecule has 2 rings (SSSR count). The average molecular weight is 512 g/mol. The highest BCUT2D eigenvalue weighted by atomic mass is 16.6. The second-order valence-electron chi connectivity index (χ2n) is 11.4. The van der Waals surface area contributed by atoms with E-state index in [2.05, 4.69) is 16.6 Å². The molecule has 3 atom stereocenters. The Morgan fingerprint density at radius 1 is 1.08 bits per heavy atom. The van der Waals surface area contributed by atoms with Gasteiger partial charge in [-0.25, -0.2) is 4.79 Å². The van der Waals surface area contributed by atoms with E-state index in [-0.39, 0.29) is 29.8 Å². The van der Waals surface area contributed by atoms with Gasteiger partial charge >= 0.3 is 6.09 Å². The van der Waals surface area contributed by atoms with Crippen LogP contribution in [0, 0.1) is 18.3 Å². The molecule has 0 radical (unpaired) electrons. The van der Waals surface area contributed by atoms with Crippen LogP contribution >= 0.6 is 0 Å². The van der Waals surface area contributed by atoms with Crippen LogP contribution in [0.2, 0.25) is 0 Å². The Labute approximate surface area is 223 Å². The van der Waals surface area contributed by atoms with E-state index in [4.69, 9.17) is 11.2 Å². The minimum atomic E-state index is -0.863. The largest absolute Gasteiger partial charge is 0.444 e. The van der Waals surface area contributed by atoms with E-state index in [1.165, 1.54) is 6.42 Å². The normalized spacial score (nSPS) is 16.7. The third-order valence-electron chi connectivity index (χ3n) is 6.80. The highest BCUT2D eigenvalue weighted by molar-refractivity contribution is 5.92.